The van der Waals surface area contributed by atoms with Gasteiger partial charge in [0.1, 0.15) is 5.75 Å². The Bertz CT molecular complexity index is 852. The zero-order chi connectivity index (χ0) is 18.9. The molecule has 0 radical (unpaired) electrons. The maximum atomic E-state index is 12.2. The molecule has 4 heteroatoms. The number of aromatic nitrogens is 1. The van der Waals surface area contributed by atoms with E-state index in [4.69, 9.17) is 4.74 Å². The van der Waals surface area contributed by atoms with E-state index in [-0.39, 0.29) is 5.91 Å². The van der Waals surface area contributed by atoms with Crippen LogP contribution in [-0.4, -0.2) is 17.1 Å². The van der Waals surface area contributed by atoms with Gasteiger partial charge in [0.2, 0.25) is 5.91 Å². The van der Waals surface area contributed by atoms with Gasteiger partial charge in [-0.2, -0.15) is 0 Å². The maximum absolute atomic E-state index is 12.2. The average molecular weight is 364 g/mol. The maximum Gasteiger partial charge on any atom is 0.226 e. The fraction of sp³-hybridized carbons (Fsp3) is 0.348. The first-order valence-corrected chi connectivity index (χ1v) is 9.83. The fourth-order valence-corrected chi connectivity index (χ4v) is 3.13. The highest BCUT2D eigenvalue weighted by atomic mass is 16.5. The Hall–Kier alpha value is -2.75. The smallest absolute Gasteiger partial charge is 0.226 e. The van der Waals surface area contributed by atoms with Gasteiger partial charge in [0.15, 0.2) is 0 Å². The summed E-state index contributed by atoms with van der Waals surface area (Å²) in [5.74, 6) is 0.865. The molecule has 0 aliphatic rings. The van der Waals surface area contributed by atoms with Gasteiger partial charge in [-0.15, -0.1) is 0 Å². The van der Waals surface area contributed by atoms with Crippen molar-refractivity contribution in [3.05, 3.63) is 60.8 Å². The predicted octanol–water partition coefficient (Wildman–Crippen LogP) is 5.63. The van der Waals surface area contributed by atoms with E-state index >= 15 is 0 Å². The molecule has 1 heterocycles. The number of aryl methyl sites for hydroxylation is 1. The Kier molecular flexibility index (Phi) is 6.91. The number of hydrogen-bond acceptors (Lipinski definition) is 2. The molecule has 0 aliphatic heterocycles. The zero-order valence-electron chi connectivity index (χ0n) is 16.0. The molecule has 3 aromatic rings. The standard InChI is InChI=1S/C23H28N2O2/c1-2-3-4-7-18-27-21-12-10-20(11-13-21)24-23(26)15-17-25-16-14-19-8-5-6-9-22(19)25/h5-6,8-14,16H,2-4,7,15,17-18H2,1H3,(H,24,26). The number of nitrogens with one attached hydrogen (secondary N) is 1. The summed E-state index contributed by atoms with van der Waals surface area (Å²) in [4.78, 5) is 12.2. The van der Waals surface area contributed by atoms with Gasteiger partial charge in [-0.05, 0) is 48.2 Å². The Labute approximate surface area is 161 Å². The van der Waals surface area contributed by atoms with Crippen molar-refractivity contribution in [2.24, 2.45) is 0 Å². The van der Waals surface area contributed by atoms with Crippen LogP contribution in [0.25, 0.3) is 10.9 Å². The summed E-state index contributed by atoms with van der Waals surface area (Å²) in [6.07, 6.45) is 7.25. The molecule has 3 rings (SSSR count). The number of amides is 1. The fourth-order valence-electron chi connectivity index (χ4n) is 3.13. The number of ether oxygens (including phenoxy) is 1. The van der Waals surface area contributed by atoms with Crippen LogP contribution in [0.15, 0.2) is 60.8 Å². The molecule has 0 bridgehead atoms. The lowest BCUT2D eigenvalue weighted by Gasteiger charge is -2.09. The molecule has 1 aromatic heterocycles. The molecule has 0 unspecified atom stereocenters. The summed E-state index contributed by atoms with van der Waals surface area (Å²) in [7, 11) is 0. The van der Waals surface area contributed by atoms with Gasteiger partial charge in [0.05, 0.1) is 6.61 Å². The van der Waals surface area contributed by atoms with Crippen LogP contribution in [0.1, 0.15) is 39.0 Å². The minimum Gasteiger partial charge on any atom is -0.494 e. The Morgan fingerprint density at radius 1 is 1.00 bits per heavy atom. The monoisotopic (exact) mass is 364 g/mol. The van der Waals surface area contributed by atoms with Crippen molar-refractivity contribution in [1.82, 2.24) is 4.57 Å². The highest BCUT2D eigenvalue weighted by Crippen LogP contribution is 2.18. The van der Waals surface area contributed by atoms with Crippen LogP contribution >= 0.6 is 0 Å². The van der Waals surface area contributed by atoms with Crippen molar-refractivity contribution in [2.75, 3.05) is 11.9 Å². The highest BCUT2D eigenvalue weighted by molar-refractivity contribution is 5.90. The number of benzene rings is 2. The van der Waals surface area contributed by atoms with Crippen LogP contribution in [0.3, 0.4) is 0 Å². The third-order valence-corrected chi connectivity index (χ3v) is 4.66. The molecular weight excluding hydrogens is 336 g/mol. The van der Waals surface area contributed by atoms with Crippen molar-refractivity contribution in [3.63, 3.8) is 0 Å². The number of rotatable bonds is 10. The van der Waals surface area contributed by atoms with E-state index in [9.17, 15) is 4.79 Å². The van der Waals surface area contributed by atoms with Crippen LogP contribution in [0.4, 0.5) is 5.69 Å². The average Bonchev–Trinajstić information content (AvgIpc) is 3.11. The van der Waals surface area contributed by atoms with E-state index in [2.05, 4.69) is 35.0 Å². The van der Waals surface area contributed by atoms with Crippen molar-refractivity contribution >= 4 is 22.5 Å². The number of carbonyl (C=O) groups is 1. The van der Waals surface area contributed by atoms with E-state index < -0.39 is 0 Å². The second-order valence-corrected chi connectivity index (χ2v) is 6.80. The minimum atomic E-state index is 0.0148. The summed E-state index contributed by atoms with van der Waals surface area (Å²) in [6.45, 7) is 3.61. The molecule has 27 heavy (non-hydrogen) atoms. The molecule has 0 fully saturated rings. The predicted molar refractivity (Wildman–Crippen MR) is 111 cm³/mol. The summed E-state index contributed by atoms with van der Waals surface area (Å²) < 4.78 is 7.85. The Balaban J connectivity index is 1.44. The van der Waals surface area contributed by atoms with Crippen LogP contribution in [0.2, 0.25) is 0 Å². The zero-order valence-corrected chi connectivity index (χ0v) is 16.0. The summed E-state index contributed by atoms with van der Waals surface area (Å²) in [5.41, 5.74) is 1.96. The molecule has 0 spiro atoms. The largest absolute Gasteiger partial charge is 0.494 e. The minimum absolute atomic E-state index is 0.0148. The normalized spacial score (nSPS) is 10.9. The first-order valence-electron chi connectivity index (χ1n) is 9.83. The number of anilines is 1. The third-order valence-electron chi connectivity index (χ3n) is 4.66. The molecule has 0 aliphatic carbocycles. The van der Waals surface area contributed by atoms with Gasteiger partial charge >= 0.3 is 0 Å². The lowest BCUT2D eigenvalue weighted by atomic mass is 10.2. The van der Waals surface area contributed by atoms with Crippen molar-refractivity contribution in [1.29, 1.82) is 0 Å². The SMILES string of the molecule is CCCCCCOc1ccc(NC(=O)CCn2ccc3ccccc32)cc1. The van der Waals surface area contributed by atoms with Crippen LogP contribution in [0.5, 0.6) is 5.75 Å². The lowest BCUT2D eigenvalue weighted by Crippen LogP contribution is -2.14. The molecule has 0 atom stereocenters. The van der Waals surface area contributed by atoms with Crippen molar-refractivity contribution in [2.45, 2.75) is 45.6 Å². The topological polar surface area (TPSA) is 43.3 Å². The molecular formula is C23H28N2O2. The first kappa shape index (κ1) is 19.0. The van der Waals surface area contributed by atoms with E-state index in [1.165, 1.54) is 24.6 Å². The molecule has 2 aromatic carbocycles. The van der Waals surface area contributed by atoms with E-state index in [0.29, 0.717) is 13.0 Å². The van der Waals surface area contributed by atoms with E-state index in [1.807, 2.05) is 42.6 Å². The van der Waals surface area contributed by atoms with Gasteiger partial charge in [-0.3, -0.25) is 4.79 Å². The lowest BCUT2D eigenvalue weighted by molar-refractivity contribution is -0.116. The number of carbonyl (C=O) groups excluding carboxylic acids is 1. The van der Waals surface area contributed by atoms with Crippen LogP contribution < -0.4 is 10.1 Å². The molecule has 0 saturated heterocycles. The second-order valence-electron chi connectivity index (χ2n) is 6.80. The highest BCUT2D eigenvalue weighted by Gasteiger charge is 2.05. The molecule has 1 N–H and O–H groups in total. The second kappa shape index (κ2) is 9.81. The van der Waals surface area contributed by atoms with Gasteiger partial charge in [-0.1, -0.05) is 44.4 Å². The number of hydrogen-bond donors (Lipinski definition) is 1. The number of para-hydroxylation sites is 1. The third kappa shape index (κ3) is 5.61. The first-order chi connectivity index (χ1) is 13.3. The summed E-state index contributed by atoms with van der Waals surface area (Å²) >= 11 is 0. The van der Waals surface area contributed by atoms with Crippen LogP contribution in [-0.2, 0) is 11.3 Å². The van der Waals surface area contributed by atoms with E-state index in [1.54, 1.807) is 0 Å². The van der Waals surface area contributed by atoms with E-state index in [0.717, 1.165) is 30.0 Å². The summed E-state index contributed by atoms with van der Waals surface area (Å²) in [6, 6.07) is 17.9. The number of unbranched alkanes of at least 4 members (excludes halogenated alkanes) is 3. The van der Waals surface area contributed by atoms with Gasteiger partial charge in [-0.25, -0.2) is 0 Å². The van der Waals surface area contributed by atoms with Crippen molar-refractivity contribution in [3.8, 4) is 5.75 Å². The van der Waals surface area contributed by atoms with Gasteiger partial charge in [0, 0.05) is 30.4 Å². The molecule has 1 amide bonds. The Morgan fingerprint density at radius 3 is 2.63 bits per heavy atom. The molecule has 142 valence electrons. The molecule has 0 saturated carbocycles. The van der Waals surface area contributed by atoms with Gasteiger partial charge < -0.3 is 14.6 Å². The number of nitrogens with zero attached hydrogens (tertiary/aromatic N) is 1. The number of fused-ring (bicyclic) bond motifs is 1. The van der Waals surface area contributed by atoms with Crippen molar-refractivity contribution < 1.29 is 9.53 Å². The quantitative estimate of drug-likeness (QED) is 0.474. The Morgan fingerprint density at radius 2 is 1.81 bits per heavy atom. The van der Waals surface area contributed by atoms with Gasteiger partial charge in [0.25, 0.3) is 0 Å². The van der Waals surface area contributed by atoms with Crippen LogP contribution in [0, 0.1) is 0 Å². The summed E-state index contributed by atoms with van der Waals surface area (Å²) in [5, 5.41) is 4.15. The molecule has 4 nitrogen and oxygen atoms in total.